The zero-order chi connectivity index (χ0) is 21.4. The number of rotatable bonds is 8. The van der Waals surface area contributed by atoms with E-state index in [2.05, 4.69) is 5.32 Å². The lowest BCUT2D eigenvalue weighted by molar-refractivity contribution is -0.144. The Morgan fingerprint density at radius 1 is 1.10 bits per heavy atom. The molecular weight excluding hydrogens is 417 g/mol. The fourth-order valence-electron chi connectivity index (χ4n) is 2.53. The SMILES string of the molecule is COc1ccc(OC)c(/C=C/C(=O)OCC(=O)NC(C)c2ccc(Cl)cc2Cl)c1. The fourth-order valence-corrected chi connectivity index (χ4v) is 3.10. The highest BCUT2D eigenvalue weighted by Crippen LogP contribution is 2.26. The van der Waals surface area contributed by atoms with Crippen molar-refractivity contribution in [1.29, 1.82) is 0 Å². The van der Waals surface area contributed by atoms with Crippen molar-refractivity contribution in [3.8, 4) is 11.5 Å². The molecule has 1 atom stereocenters. The summed E-state index contributed by atoms with van der Waals surface area (Å²) in [5.41, 5.74) is 1.35. The number of carbonyl (C=O) groups excluding carboxylic acids is 2. The molecule has 0 bridgehead atoms. The van der Waals surface area contributed by atoms with Crippen molar-refractivity contribution >= 4 is 41.2 Å². The predicted octanol–water partition coefficient (Wildman–Crippen LogP) is 4.44. The average molecular weight is 438 g/mol. The Labute approximate surface area is 179 Å². The number of benzene rings is 2. The van der Waals surface area contributed by atoms with Gasteiger partial charge in [0.1, 0.15) is 11.5 Å². The summed E-state index contributed by atoms with van der Waals surface area (Å²) in [5, 5.41) is 3.66. The summed E-state index contributed by atoms with van der Waals surface area (Å²) in [5.74, 6) is 0.0701. The predicted molar refractivity (Wildman–Crippen MR) is 113 cm³/mol. The van der Waals surface area contributed by atoms with E-state index >= 15 is 0 Å². The first-order valence-electron chi connectivity index (χ1n) is 8.65. The Bertz CT molecular complexity index is 914. The van der Waals surface area contributed by atoms with Gasteiger partial charge in [-0.25, -0.2) is 4.79 Å². The Morgan fingerprint density at radius 2 is 1.86 bits per heavy atom. The molecule has 0 heterocycles. The van der Waals surface area contributed by atoms with E-state index in [0.717, 1.165) is 0 Å². The molecule has 29 heavy (non-hydrogen) atoms. The molecule has 1 N–H and O–H groups in total. The molecule has 0 fully saturated rings. The fraction of sp³-hybridized carbons (Fsp3) is 0.238. The highest BCUT2D eigenvalue weighted by Gasteiger charge is 2.14. The van der Waals surface area contributed by atoms with E-state index in [9.17, 15) is 9.59 Å². The molecule has 8 heteroatoms. The molecule has 1 unspecified atom stereocenters. The second kappa shape index (κ2) is 10.7. The van der Waals surface area contributed by atoms with Gasteiger partial charge >= 0.3 is 5.97 Å². The second-order valence-electron chi connectivity index (χ2n) is 6.00. The molecule has 2 rings (SSSR count). The number of hydrogen-bond donors (Lipinski definition) is 1. The smallest absolute Gasteiger partial charge is 0.331 e. The molecule has 0 radical (unpaired) electrons. The summed E-state index contributed by atoms with van der Waals surface area (Å²) in [4.78, 5) is 24.0. The van der Waals surface area contributed by atoms with Crippen LogP contribution in [0, 0.1) is 0 Å². The molecule has 0 spiro atoms. The summed E-state index contributed by atoms with van der Waals surface area (Å²) in [7, 11) is 3.07. The number of esters is 1. The first-order chi connectivity index (χ1) is 13.8. The molecule has 0 saturated carbocycles. The first-order valence-corrected chi connectivity index (χ1v) is 9.40. The topological polar surface area (TPSA) is 73.9 Å². The van der Waals surface area contributed by atoms with E-state index in [1.54, 1.807) is 50.4 Å². The maximum Gasteiger partial charge on any atom is 0.331 e. The highest BCUT2D eigenvalue weighted by molar-refractivity contribution is 6.35. The van der Waals surface area contributed by atoms with Crippen LogP contribution in [-0.4, -0.2) is 32.7 Å². The lowest BCUT2D eigenvalue weighted by atomic mass is 10.1. The van der Waals surface area contributed by atoms with Crippen LogP contribution in [0.25, 0.3) is 6.08 Å². The van der Waals surface area contributed by atoms with Gasteiger partial charge in [0.05, 0.1) is 20.3 Å². The molecule has 0 saturated heterocycles. The average Bonchev–Trinajstić information content (AvgIpc) is 2.70. The minimum Gasteiger partial charge on any atom is -0.497 e. The summed E-state index contributed by atoms with van der Waals surface area (Å²) in [6, 6.07) is 9.82. The molecular formula is C21H21Cl2NO5. The summed E-state index contributed by atoms with van der Waals surface area (Å²) < 4.78 is 15.4. The second-order valence-corrected chi connectivity index (χ2v) is 6.85. The van der Waals surface area contributed by atoms with Gasteiger partial charge in [0.25, 0.3) is 5.91 Å². The Hall–Kier alpha value is -2.70. The van der Waals surface area contributed by atoms with Gasteiger partial charge in [-0.1, -0.05) is 29.3 Å². The van der Waals surface area contributed by atoms with Gasteiger partial charge in [0.2, 0.25) is 0 Å². The van der Waals surface area contributed by atoms with E-state index in [4.69, 9.17) is 37.4 Å². The van der Waals surface area contributed by atoms with E-state index < -0.39 is 18.5 Å². The third kappa shape index (κ3) is 6.69. The zero-order valence-corrected chi connectivity index (χ0v) is 17.7. The summed E-state index contributed by atoms with van der Waals surface area (Å²) in [6.45, 7) is 1.35. The van der Waals surface area contributed by atoms with Crippen molar-refractivity contribution in [3.63, 3.8) is 0 Å². The van der Waals surface area contributed by atoms with Crippen molar-refractivity contribution in [2.45, 2.75) is 13.0 Å². The number of methoxy groups -OCH3 is 2. The van der Waals surface area contributed by atoms with Crippen molar-refractivity contribution in [2.75, 3.05) is 20.8 Å². The lowest BCUT2D eigenvalue weighted by Crippen LogP contribution is -2.31. The Balaban J connectivity index is 1.90. The summed E-state index contributed by atoms with van der Waals surface area (Å²) >= 11 is 12.0. The molecule has 2 aromatic rings. The number of halogens is 2. The third-order valence-corrected chi connectivity index (χ3v) is 4.55. The number of nitrogens with one attached hydrogen (secondary N) is 1. The van der Waals surface area contributed by atoms with Gasteiger partial charge in [0.15, 0.2) is 6.61 Å². The minimum atomic E-state index is -0.665. The number of amides is 1. The van der Waals surface area contributed by atoms with Gasteiger partial charge in [-0.3, -0.25) is 4.79 Å². The molecule has 2 aromatic carbocycles. The van der Waals surface area contributed by atoms with Crippen LogP contribution in [-0.2, 0) is 14.3 Å². The molecule has 0 aliphatic carbocycles. The van der Waals surface area contributed by atoms with E-state index in [0.29, 0.717) is 32.7 Å². The van der Waals surface area contributed by atoms with Crippen LogP contribution in [0.5, 0.6) is 11.5 Å². The monoisotopic (exact) mass is 437 g/mol. The Kier molecular flexibility index (Phi) is 8.36. The van der Waals surface area contributed by atoms with Crippen LogP contribution < -0.4 is 14.8 Å². The van der Waals surface area contributed by atoms with E-state index in [-0.39, 0.29) is 6.04 Å². The number of ether oxygens (including phenoxy) is 3. The van der Waals surface area contributed by atoms with Crippen LogP contribution in [0.1, 0.15) is 24.1 Å². The van der Waals surface area contributed by atoms with Crippen molar-refractivity contribution in [3.05, 3.63) is 63.6 Å². The summed E-state index contributed by atoms with van der Waals surface area (Å²) in [6.07, 6.45) is 2.74. The third-order valence-electron chi connectivity index (χ3n) is 3.99. The normalized spacial score (nSPS) is 11.8. The van der Waals surface area contributed by atoms with Gasteiger partial charge in [-0.2, -0.15) is 0 Å². The van der Waals surface area contributed by atoms with E-state index in [1.807, 2.05) is 0 Å². The van der Waals surface area contributed by atoms with Crippen molar-refractivity contribution in [1.82, 2.24) is 5.32 Å². The van der Waals surface area contributed by atoms with Crippen LogP contribution >= 0.6 is 23.2 Å². The minimum absolute atomic E-state index is 0.373. The van der Waals surface area contributed by atoms with Gasteiger partial charge in [-0.15, -0.1) is 0 Å². The maximum atomic E-state index is 12.0. The van der Waals surface area contributed by atoms with E-state index in [1.165, 1.54) is 19.3 Å². The number of hydrogen-bond acceptors (Lipinski definition) is 5. The lowest BCUT2D eigenvalue weighted by Gasteiger charge is -2.15. The zero-order valence-electron chi connectivity index (χ0n) is 16.2. The van der Waals surface area contributed by atoms with Crippen LogP contribution in [0.2, 0.25) is 10.0 Å². The standard InChI is InChI=1S/C21H21Cl2NO5/c1-13(17-7-5-15(22)11-18(17)23)24-20(25)12-29-21(26)9-4-14-10-16(27-2)6-8-19(14)28-3/h4-11,13H,12H2,1-3H3,(H,24,25)/b9-4+. The van der Waals surface area contributed by atoms with Gasteiger partial charge < -0.3 is 19.5 Å². The maximum absolute atomic E-state index is 12.0. The largest absolute Gasteiger partial charge is 0.497 e. The first kappa shape index (κ1) is 22.6. The quantitative estimate of drug-likeness (QED) is 0.487. The van der Waals surface area contributed by atoms with Crippen molar-refractivity contribution < 1.29 is 23.8 Å². The highest BCUT2D eigenvalue weighted by atomic mass is 35.5. The van der Waals surface area contributed by atoms with Crippen LogP contribution in [0.3, 0.4) is 0 Å². The molecule has 0 aliphatic rings. The molecule has 0 aromatic heterocycles. The number of carbonyl (C=O) groups is 2. The molecule has 154 valence electrons. The Morgan fingerprint density at radius 3 is 2.52 bits per heavy atom. The van der Waals surface area contributed by atoms with Crippen LogP contribution in [0.4, 0.5) is 0 Å². The molecule has 6 nitrogen and oxygen atoms in total. The molecule has 1 amide bonds. The van der Waals surface area contributed by atoms with Crippen LogP contribution in [0.15, 0.2) is 42.5 Å². The van der Waals surface area contributed by atoms with Gasteiger partial charge in [-0.05, 0) is 48.9 Å². The van der Waals surface area contributed by atoms with Gasteiger partial charge in [0, 0.05) is 21.7 Å². The van der Waals surface area contributed by atoms with Crippen molar-refractivity contribution in [2.24, 2.45) is 0 Å². The molecule has 0 aliphatic heterocycles.